The summed E-state index contributed by atoms with van der Waals surface area (Å²) < 4.78 is 5.35. The van der Waals surface area contributed by atoms with Crippen LogP contribution in [0.2, 0.25) is 0 Å². The summed E-state index contributed by atoms with van der Waals surface area (Å²) in [4.78, 5) is 19.7. The van der Waals surface area contributed by atoms with Gasteiger partial charge in [-0.05, 0) is 30.2 Å². The van der Waals surface area contributed by atoms with Crippen LogP contribution in [-0.2, 0) is 0 Å². The Bertz CT molecular complexity index is 855. The van der Waals surface area contributed by atoms with Crippen molar-refractivity contribution in [3.63, 3.8) is 0 Å². The first-order valence-electron chi connectivity index (χ1n) is 8.30. The van der Waals surface area contributed by atoms with Crippen LogP contribution in [0.1, 0.15) is 21.2 Å². The van der Waals surface area contributed by atoms with E-state index in [-0.39, 0.29) is 42.6 Å². The molecule has 1 amide bonds. The van der Waals surface area contributed by atoms with Crippen molar-refractivity contribution in [2.45, 2.75) is 5.92 Å². The quantitative estimate of drug-likeness (QED) is 0.683. The average Bonchev–Trinajstić information content (AvgIpc) is 3.41. The second-order valence-electron chi connectivity index (χ2n) is 6.23. The fourth-order valence-corrected chi connectivity index (χ4v) is 4.25. The number of furan rings is 1. The Balaban J connectivity index is 0.00000131. The third-order valence-electron chi connectivity index (χ3n) is 4.71. The third kappa shape index (κ3) is 4.35. The largest absolute Gasteiger partial charge is 0.462 e. The molecule has 0 spiro atoms. The molecular formula is C19H21Cl2N3O2S. The van der Waals surface area contributed by atoms with Gasteiger partial charge in [-0.1, -0.05) is 30.3 Å². The SMILES string of the molecule is Cl.Cl.NC[C@@H]1CN(C(=O)c2cnc(-c3ccco3)s2)C[C@H]1c1ccccc1. The summed E-state index contributed by atoms with van der Waals surface area (Å²) in [6, 6.07) is 14.0. The first kappa shape index (κ1) is 21.4. The van der Waals surface area contributed by atoms with Crippen molar-refractivity contribution in [3.05, 3.63) is 65.4 Å². The van der Waals surface area contributed by atoms with E-state index in [1.54, 1.807) is 12.5 Å². The van der Waals surface area contributed by atoms with Crippen molar-refractivity contribution >= 4 is 42.1 Å². The molecule has 1 aromatic carbocycles. The number of likely N-dealkylation sites (tertiary alicyclic amines) is 1. The van der Waals surface area contributed by atoms with Crippen LogP contribution in [-0.4, -0.2) is 35.4 Å². The van der Waals surface area contributed by atoms with Crippen molar-refractivity contribution in [1.82, 2.24) is 9.88 Å². The minimum atomic E-state index is 0. The monoisotopic (exact) mass is 425 g/mol. The van der Waals surface area contributed by atoms with Crippen molar-refractivity contribution < 1.29 is 9.21 Å². The highest BCUT2D eigenvalue weighted by Crippen LogP contribution is 2.34. The van der Waals surface area contributed by atoms with E-state index in [0.717, 1.165) is 5.01 Å². The number of carbonyl (C=O) groups excluding carboxylic acids is 1. The predicted octanol–water partition coefficient (Wildman–Crippen LogP) is 4.06. The molecule has 0 radical (unpaired) electrons. The van der Waals surface area contributed by atoms with Crippen molar-refractivity contribution in [2.75, 3.05) is 19.6 Å². The maximum Gasteiger partial charge on any atom is 0.265 e. The number of rotatable bonds is 4. The molecule has 1 saturated heterocycles. The molecule has 0 unspecified atom stereocenters. The van der Waals surface area contributed by atoms with E-state index in [9.17, 15) is 4.79 Å². The molecule has 1 fully saturated rings. The molecule has 2 N–H and O–H groups in total. The number of nitrogens with zero attached hydrogens (tertiary/aromatic N) is 2. The third-order valence-corrected chi connectivity index (χ3v) is 5.71. The van der Waals surface area contributed by atoms with Crippen LogP contribution in [0.3, 0.4) is 0 Å². The Morgan fingerprint density at radius 3 is 2.63 bits per heavy atom. The van der Waals surface area contributed by atoms with Gasteiger partial charge in [-0.3, -0.25) is 4.79 Å². The molecule has 3 aromatic rings. The van der Waals surface area contributed by atoms with E-state index >= 15 is 0 Å². The summed E-state index contributed by atoms with van der Waals surface area (Å²) >= 11 is 1.36. The second kappa shape index (κ2) is 9.37. The number of amides is 1. The molecule has 1 aliphatic heterocycles. The van der Waals surface area contributed by atoms with Crippen LogP contribution in [0.4, 0.5) is 0 Å². The number of carbonyl (C=O) groups is 1. The summed E-state index contributed by atoms with van der Waals surface area (Å²) in [6.07, 6.45) is 3.24. The first-order chi connectivity index (χ1) is 12.3. The molecule has 27 heavy (non-hydrogen) atoms. The van der Waals surface area contributed by atoms with Gasteiger partial charge in [0.05, 0.1) is 12.5 Å². The molecule has 2 aromatic heterocycles. The molecular weight excluding hydrogens is 405 g/mol. The standard InChI is InChI=1S/C19H19N3O2S.2ClH/c20-9-14-11-22(12-15(14)13-5-2-1-3-6-13)19(23)17-10-21-18(25-17)16-7-4-8-24-16;;/h1-8,10,14-15H,9,11-12,20H2;2*1H/t14-,15+;;/m1../s1. The van der Waals surface area contributed by atoms with Gasteiger partial charge in [0.2, 0.25) is 0 Å². The topological polar surface area (TPSA) is 72.4 Å². The Morgan fingerprint density at radius 2 is 1.96 bits per heavy atom. The maximum absolute atomic E-state index is 12.9. The normalized spacial score (nSPS) is 18.6. The van der Waals surface area contributed by atoms with Crippen LogP contribution in [0, 0.1) is 5.92 Å². The van der Waals surface area contributed by atoms with Crippen LogP contribution in [0.5, 0.6) is 0 Å². The van der Waals surface area contributed by atoms with Crippen LogP contribution >= 0.6 is 36.2 Å². The fourth-order valence-electron chi connectivity index (χ4n) is 3.40. The maximum atomic E-state index is 12.9. The van der Waals surface area contributed by atoms with Crippen molar-refractivity contribution in [2.24, 2.45) is 11.7 Å². The van der Waals surface area contributed by atoms with Crippen molar-refractivity contribution in [1.29, 1.82) is 0 Å². The smallest absolute Gasteiger partial charge is 0.265 e. The lowest BCUT2D eigenvalue weighted by Crippen LogP contribution is -2.29. The number of hydrogen-bond acceptors (Lipinski definition) is 5. The summed E-state index contributed by atoms with van der Waals surface area (Å²) in [5, 5.41) is 0.725. The van der Waals surface area contributed by atoms with Gasteiger partial charge in [-0.2, -0.15) is 0 Å². The molecule has 144 valence electrons. The van der Waals surface area contributed by atoms with Crippen molar-refractivity contribution in [3.8, 4) is 10.8 Å². The number of nitrogens with two attached hydrogens (primary N) is 1. The van der Waals surface area contributed by atoms with Gasteiger partial charge < -0.3 is 15.1 Å². The zero-order valence-electron chi connectivity index (χ0n) is 14.5. The van der Waals surface area contributed by atoms with Gasteiger partial charge in [0.25, 0.3) is 5.91 Å². The molecule has 2 atom stereocenters. The van der Waals surface area contributed by atoms with Gasteiger partial charge >= 0.3 is 0 Å². The Labute approximate surface area is 174 Å². The molecule has 0 aliphatic carbocycles. The predicted molar refractivity (Wildman–Crippen MR) is 112 cm³/mol. The summed E-state index contributed by atoms with van der Waals surface area (Å²) in [7, 11) is 0. The minimum absolute atomic E-state index is 0. The summed E-state index contributed by atoms with van der Waals surface area (Å²) in [5.74, 6) is 1.27. The Morgan fingerprint density at radius 1 is 1.19 bits per heavy atom. The summed E-state index contributed by atoms with van der Waals surface area (Å²) in [5.41, 5.74) is 7.22. The lowest BCUT2D eigenvalue weighted by atomic mass is 9.89. The van der Waals surface area contributed by atoms with Gasteiger partial charge in [0.15, 0.2) is 10.8 Å². The Hall–Kier alpha value is -1.86. The molecule has 8 heteroatoms. The number of halogens is 2. The van der Waals surface area contributed by atoms with Gasteiger partial charge in [0.1, 0.15) is 4.88 Å². The van der Waals surface area contributed by atoms with E-state index in [0.29, 0.717) is 30.3 Å². The lowest BCUT2D eigenvalue weighted by molar-refractivity contribution is 0.0791. The first-order valence-corrected chi connectivity index (χ1v) is 9.12. The Kier molecular flexibility index (Phi) is 7.44. The van der Waals surface area contributed by atoms with E-state index in [2.05, 4.69) is 17.1 Å². The highest BCUT2D eigenvalue weighted by atomic mass is 35.5. The minimum Gasteiger partial charge on any atom is -0.462 e. The number of hydrogen-bond donors (Lipinski definition) is 1. The number of thiazole rings is 1. The molecule has 4 rings (SSSR count). The van der Waals surface area contributed by atoms with Crippen LogP contribution < -0.4 is 5.73 Å². The molecule has 1 aliphatic rings. The van der Waals surface area contributed by atoms with Gasteiger partial charge in [0, 0.05) is 19.0 Å². The molecule has 0 saturated carbocycles. The highest BCUT2D eigenvalue weighted by molar-refractivity contribution is 7.16. The van der Waals surface area contributed by atoms with E-state index in [4.69, 9.17) is 10.2 Å². The second-order valence-corrected chi connectivity index (χ2v) is 7.26. The zero-order chi connectivity index (χ0) is 17.2. The molecule has 5 nitrogen and oxygen atoms in total. The van der Waals surface area contributed by atoms with E-state index < -0.39 is 0 Å². The number of benzene rings is 1. The van der Waals surface area contributed by atoms with Gasteiger partial charge in [-0.15, -0.1) is 36.2 Å². The summed E-state index contributed by atoms with van der Waals surface area (Å²) in [6.45, 7) is 1.95. The average molecular weight is 426 g/mol. The van der Waals surface area contributed by atoms with Crippen LogP contribution in [0.15, 0.2) is 59.3 Å². The van der Waals surface area contributed by atoms with Crippen LogP contribution in [0.25, 0.3) is 10.8 Å². The zero-order valence-corrected chi connectivity index (χ0v) is 16.9. The van der Waals surface area contributed by atoms with E-state index in [1.165, 1.54) is 16.9 Å². The molecule has 0 bridgehead atoms. The number of aromatic nitrogens is 1. The van der Waals surface area contributed by atoms with Gasteiger partial charge in [-0.25, -0.2) is 4.98 Å². The highest BCUT2D eigenvalue weighted by Gasteiger charge is 2.36. The molecule has 3 heterocycles. The fraction of sp³-hybridized carbons (Fsp3) is 0.263. The lowest BCUT2D eigenvalue weighted by Gasteiger charge is -2.16. The van der Waals surface area contributed by atoms with E-state index in [1.807, 2.05) is 35.2 Å².